The van der Waals surface area contributed by atoms with Crippen LogP contribution in [0.4, 0.5) is 4.39 Å². The molecule has 1 amide bonds. The van der Waals surface area contributed by atoms with Gasteiger partial charge < -0.3 is 10.2 Å². The summed E-state index contributed by atoms with van der Waals surface area (Å²) in [6.07, 6.45) is 6.21. The van der Waals surface area contributed by atoms with Gasteiger partial charge in [-0.3, -0.25) is 9.59 Å². The van der Waals surface area contributed by atoms with Crippen LogP contribution >= 0.6 is 27.5 Å². The van der Waals surface area contributed by atoms with Gasteiger partial charge in [-0.05, 0) is 65.4 Å². The largest absolute Gasteiger partial charge is 0.371 e. The molecule has 0 bridgehead atoms. The predicted molar refractivity (Wildman–Crippen MR) is 133 cm³/mol. The summed E-state index contributed by atoms with van der Waals surface area (Å²) in [6.45, 7) is 13.7. The topological polar surface area (TPSA) is 49.4 Å². The number of carbonyl (C=O) groups excluding carboxylic acids is 2. The van der Waals surface area contributed by atoms with Crippen molar-refractivity contribution in [2.24, 2.45) is 0 Å². The number of amides is 1. The molecule has 0 spiro atoms. The lowest BCUT2D eigenvalue weighted by atomic mass is 9.89. The van der Waals surface area contributed by atoms with Gasteiger partial charge in [-0.15, -0.1) is 0 Å². The molecule has 1 atom stereocenters. The number of hydrogen-bond donors (Lipinski definition) is 1. The minimum absolute atomic E-state index is 0.0880. The normalized spacial score (nSPS) is 18.9. The minimum atomic E-state index is -0.991. The van der Waals surface area contributed by atoms with E-state index in [0.717, 1.165) is 18.4 Å². The maximum atomic E-state index is 15.3. The van der Waals surface area contributed by atoms with E-state index in [0.29, 0.717) is 42.6 Å². The number of benzene rings is 1. The Bertz CT molecular complexity index is 960. The van der Waals surface area contributed by atoms with Gasteiger partial charge in [-0.1, -0.05) is 57.5 Å². The van der Waals surface area contributed by atoms with Crippen LogP contribution in [-0.2, 0) is 16.0 Å². The van der Waals surface area contributed by atoms with E-state index in [1.807, 2.05) is 13.8 Å². The number of nitrogens with one attached hydrogen (secondary N) is 1. The molecule has 1 aromatic rings. The van der Waals surface area contributed by atoms with Crippen LogP contribution in [-0.4, -0.2) is 35.2 Å². The number of nitrogens with zero attached hydrogens (tertiary/aromatic N) is 1. The van der Waals surface area contributed by atoms with Gasteiger partial charge in [0.2, 0.25) is 5.91 Å². The van der Waals surface area contributed by atoms with Crippen molar-refractivity contribution in [2.75, 3.05) is 13.1 Å². The Morgan fingerprint density at radius 3 is 2.53 bits per heavy atom. The second-order valence-electron chi connectivity index (χ2n) is 8.09. The van der Waals surface area contributed by atoms with Gasteiger partial charge >= 0.3 is 0 Å². The van der Waals surface area contributed by atoms with E-state index in [-0.39, 0.29) is 27.7 Å². The quantitative estimate of drug-likeness (QED) is 0.224. The molecule has 0 saturated carbocycles. The molecule has 1 saturated heterocycles. The van der Waals surface area contributed by atoms with Crippen LogP contribution < -0.4 is 5.32 Å². The number of halogens is 3. The first-order valence-corrected chi connectivity index (χ1v) is 12.1. The highest BCUT2D eigenvalue weighted by molar-refractivity contribution is 9.10. The van der Waals surface area contributed by atoms with Crippen molar-refractivity contribution in [3.05, 3.63) is 63.4 Å². The molecule has 1 unspecified atom stereocenters. The molecule has 0 aliphatic carbocycles. The third kappa shape index (κ3) is 5.34. The van der Waals surface area contributed by atoms with Crippen molar-refractivity contribution < 1.29 is 14.0 Å². The first-order valence-electron chi connectivity index (χ1n) is 10.9. The number of Topliss-reactive ketones (excluding diaryl/α,β-unsaturated/α-hetero) is 1. The zero-order valence-corrected chi connectivity index (χ0v) is 21.3. The molecule has 7 heteroatoms. The number of hydrogen-bond acceptors (Lipinski definition) is 3. The lowest BCUT2D eigenvalue weighted by molar-refractivity contribution is -0.126. The fourth-order valence-corrected chi connectivity index (χ4v) is 4.66. The Kier molecular flexibility index (Phi) is 9.28. The standard InChI is InChI=1S/C25H31BrClFN2O2/c1-6-10-17(8-3)24(19-14-20(27)22(26)23(28)18(19)11-7-2)29-25(16(5)31)12-13-30(15-25)21(32)9-4/h8-9,14,29H,3-4,6-7,10-13,15H2,1-2,5H3/b24-17-. The third-order valence-electron chi connectivity index (χ3n) is 5.91. The van der Waals surface area contributed by atoms with Crippen LogP contribution in [0.5, 0.6) is 0 Å². The molecule has 1 fully saturated rings. The van der Waals surface area contributed by atoms with Gasteiger partial charge in [0.05, 0.1) is 16.0 Å². The van der Waals surface area contributed by atoms with Crippen molar-refractivity contribution in [3.63, 3.8) is 0 Å². The van der Waals surface area contributed by atoms with Crippen molar-refractivity contribution in [1.82, 2.24) is 10.2 Å². The van der Waals surface area contributed by atoms with E-state index < -0.39 is 11.4 Å². The van der Waals surface area contributed by atoms with E-state index >= 15 is 4.39 Å². The van der Waals surface area contributed by atoms with E-state index in [4.69, 9.17) is 11.6 Å². The molecule has 174 valence electrons. The highest BCUT2D eigenvalue weighted by Crippen LogP contribution is 2.37. The molecule has 2 rings (SSSR count). The summed E-state index contributed by atoms with van der Waals surface area (Å²) < 4.78 is 15.5. The highest BCUT2D eigenvalue weighted by Gasteiger charge is 2.44. The van der Waals surface area contributed by atoms with Crippen LogP contribution in [0.3, 0.4) is 0 Å². The van der Waals surface area contributed by atoms with Gasteiger partial charge in [-0.2, -0.15) is 0 Å². The molecule has 1 N–H and O–H groups in total. The average Bonchev–Trinajstić information content (AvgIpc) is 3.21. The molecular formula is C25H31BrClFN2O2. The molecule has 32 heavy (non-hydrogen) atoms. The van der Waals surface area contributed by atoms with Crippen molar-refractivity contribution >= 4 is 44.9 Å². The fraction of sp³-hybridized carbons (Fsp3) is 0.440. The molecule has 1 aliphatic heterocycles. The summed E-state index contributed by atoms with van der Waals surface area (Å²) in [5.41, 5.74) is 1.67. The van der Waals surface area contributed by atoms with Crippen LogP contribution in [0.2, 0.25) is 5.02 Å². The number of allylic oxidation sites excluding steroid dienone is 2. The van der Waals surface area contributed by atoms with E-state index in [2.05, 4.69) is 34.4 Å². The third-order valence-corrected chi connectivity index (χ3v) is 7.22. The molecule has 4 nitrogen and oxygen atoms in total. The number of ketones is 1. The zero-order valence-electron chi connectivity index (χ0n) is 19.0. The lowest BCUT2D eigenvalue weighted by Crippen LogP contribution is -2.53. The summed E-state index contributed by atoms with van der Waals surface area (Å²) in [4.78, 5) is 26.7. The first-order chi connectivity index (χ1) is 15.1. The van der Waals surface area contributed by atoms with Crippen LogP contribution in [0.25, 0.3) is 5.70 Å². The fourth-order valence-electron chi connectivity index (χ4n) is 4.11. The molecule has 1 aromatic carbocycles. The van der Waals surface area contributed by atoms with Crippen molar-refractivity contribution in [3.8, 4) is 0 Å². The lowest BCUT2D eigenvalue weighted by Gasteiger charge is -2.32. The molecule has 1 aliphatic rings. The maximum Gasteiger partial charge on any atom is 0.246 e. The zero-order chi connectivity index (χ0) is 24.1. The number of likely N-dealkylation sites (tertiary alicyclic amines) is 1. The van der Waals surface area contributed by atoms with Gasteiger partial charge in [-0.25, -0.2) is 4.39 Å². The second kappa shape index (κ2) is 11.3. The average molecular weight is 526 g/mol. The summed E-state index contributed by atoms with van der Waals surface area (Å²) in [5, 5.41) is 3.71. The second-order valence-corrected chi connectivity index (χ2v) is 9.29. The van der Waals surface area contributed by atoms with Gasteiger partial charge in [0.25, 0.3) is 0 Å². The highest BCUT2D eigenvalue weighted by atomic mass is 79.9. The molecule has 0 radical (unpaired) electrons. The number of carbonyl (C=O) groups is 2. The van der Waals surface area contributed by atoms with Crippen LogP contribution in [0.1, 0.15) is 57.6 Å². The van der Waals surface area contributed by atoms with Gasteiger partial charge in [0, 0.05) is 17.8 Å². The summed E-state index contributed by atoms with van der Waals surface area (Å²) in [6, 6.07) is 1.73. The Hall–Kier alpha value is -1.92. The van der Waals surface area contributed by atoms with Crippen LogP contribution in [0.15, 0.2) is 41.4 Å². The molecule has 1 heterocycles. The Balaban J connectivity index is 2.72. The Morgan fingerprint density at radius 1 is 1.31 bits per heavy atom. The van der Waals surface area contributed by atoms with Crippen molar-refractivity contribution in [1.29, 1.82) is 0 Å². The van der Waals surface area contributed by atoms with Crippen molar-refractivity contribution in [2.45, 2.75) is 58.4 Å². The van der Waals surface area contributed by atoms with Crippen LogP contribution in [0, 0.1) is 5.82 Å². The SMILES string of the molecule is C=CC(=O)N1CCC(N/C(=C(/C=C)CCC)c2cc(Cl)c(Br)c(F)c2CCC)(C(C)=O)C1. The van der Waals surface area contributed by atoms with Gasteiger partial charge in [0.15, 0.2) is 5.78 Å². The van der Waals surface area contributed by atoms with E-state index in [1.165, 1.54) is 13.0 Å². The summed E-state index contributed by atoms with van der Waals surface area (Å²) in [5.74, 6) is -0.710. The minimum Gasteiger partial charge on any atom is -0.371 e. The summed E-state index contributed by atoms with van der Waals surface area (Å²) in [7, 11) is 0. The molecule has 0 aromatic heterocycles. The predicted octanol–water partition coefficient (Wildman–Crippen LogP) is 6.23. The van der Waals surface area contributed by atoms with E-state index in [1.54, 1.807) is 17.0 Å². The summed E-state index contributed by atoms with van der Waals surface area (Å²) >= 11 is 9.61. The van der Waals surface area contributed by atoms with E-state index in [9.17, 15) is 9.59 Å². The molecular weight excluding hydrogens is 495 g/mol. The number of rotatable bonds is 10. The smallest absolute Gasteiger partial charge is 0.246 e. The Labute approximate surface area is 203 Å². The van der Waals surface area contributed by atoms with Gasteiger partial charge in [0.1, 0.15) is 11.4 Å². The Morgan fingerprint density at radius 2 is 2.00 bits per heavy atom. The maximum absolute atomic E-state index is 15.3. The monoisotopic (exact) mass is 524 g/mol. The first kappa shape index (κ1) is 26.3.